The lowest BCUT2D eigenvalue weighted by atomic mass is 9.98. The second kappa shape index (κ2) is 4.58. The van der Waals surface area contributed by atoms with Gasteiger partial charge in [0, 0.05) is 16.7 Å². The van der Waals surface area contributed by atoms with E-state index < -0.39 is 0 Å². The van der Waals surface area contributed by atoms with E-state index in [2.05, 4.69) is 37.4 Å². The molecule has 1 aliphatic heterocycles. The van der Waals surface area contributed by atoms with Crippen LogP contribution in [0.5, 0.6) is 0 Å². The molecule has 0 spiro atoms. The van der Waals surface area contributed by atoms with Crippen LogP contribution in [0.15, 0.2) is 23.1 Å². The molecule has 1 aromatic carbocycles. The number of fused-ring (bicyclic) bond motifs is 1. The van der Waals surface area contributed by atoms with Crippen molar-refractivity contribution in [3.05, 3.63) is 29.3 Å². The molecule has 0 bridgehead atoms. The molecule has 0 aromatic heterocycles. The Morgan fingerprint density at radius 3 is 3.07 bits per heavy atom. The molecule has 0 saturated carbocycles. The van der Waals surface area contributed by atoms with Crippen LogP contribution >= 0.6 is 11.8 Å². The molecule has 2 rings (SSSR count). The summed E-state index contributed by atoms with van der Waals surface area (Å²) in [7, 11) is 2.03. The van der Waals surface area contributed by atoms with Crippen LogP contribution < -0.4 is 5.32 Å². The summed E-state index contributed by atoms with van der Waals surface area (Å²) in [5.74, 6) is 1.98. The summed E-state index contributed by atoms with van der Waals surface area (Å²) in [6, 6.07) is 7.33. The van der Waals surface area contributed by atoms with Crippen molar-refractivity contribution in [1.82, 2.24) is 5.32 Å². The predicted molar refractivity (Wildman–Crippen MR) is 67.8 cm³/mol. The number of hydrogen-bond donors (Lipinski definition) is 1. The van der Waals surface area contributed by atoms with Gasteiger partial charge in [-0.1, -0.05) is 25.1 Å². The van der Waals surface area contributed by atoms with Gasteiger partial charge < -0.3 is 5.32 Å². The minimum atomic E-state index is 0.563. The molecule has 2 unspecified atom stereocenters. The van der Waals surface area contributed by atoms with E-state index in [-0.39, 0.29) is 0 Å². The highest BCUT2D eigenvalue weighted by molar-refractivity contribution is 7.99. The number of thioether (sulfide) groups is 1. The van der Waals surface area contributed by atoms with Gasteiger partial charge in [0.2, 0.25) is 0 Å². The van der Waals surface area contributed by atoms with E-state index in [0.29, 0.717) is 6.04 Å². The molecular formula is C13H19NS. The van der Waals surface area contributed by atoms with Crippen LogP contribution in [0, 0.1) is 0 Å². The van der Waals surface area contributed by atoms with Crippen molar-refractivity contribution in [1.29, 1.82) is 0 Å². The van der Waals surface area contributed by atoms with Gasteiger partial charge in [0.05, 0.1) is 0 Å². The van der Waals surface area contributed by atoms with Gasteiger partial charge in [0.1, 0.15) is 0 Å². The van der Waals surface area contributed by atoms with Crippen molar-refractivity contribution < 1.29 is 0 Å². The molecule has 2 heteroatoms. The normalized spacial score (nSPS) is 21.4. The zero-order chi connectivity index (χ0) is 10.8. The standard InChI is InChI=1S/C13H19NS/c1-9-8-15-13-11(7-10(2)14-3)5-4-6-12(9)13/h4-6,9-10,14H,7-8H2,1-3H3. The first-order chi connectivity index (χ1) is 7.22. The molecule has 0 fully saturated rings. The molecule has 1 heterocycles. The fraction of sp³-hybridized carbons (Fsp3) is 0.538. The van der Waals surface area contributed by atoms with E-state index in [1.807, 2.05) is 18.8 Å². The quantitative estimate of drug-likeness (QED) is 0.842. The van der Waals surface area contributed by atoms with E-state index in [4.69, 9.17) is 0 Å². The fourth-order valence-corrected chi connectivity index (χ4v) is 3.43. The average Bonchev–Trinajstić information content (AvgIpc) is 2.62. The number of rotatable bonds is 3. The molecule has 0 saturated heterocycles. The zero-order valence-corrected chi connectivity index (χ0v) is 10.5. The van der Waals surface area contributed by atoms with Crippen molar-refractivity contribution in [2.24, 2.45) is 0 Å². The van der Waals surface area contributed by atoms with Crippen LogP contribution in [-0.4, -0.2) is 18.8 Å². The average molecular weight is 221 g/mol. The van der Waals surface area contributed by atoms with E-state index in [9.17, 15) is 0 Å². The van der Waals surface area contributed by atoms with Crippen molar-refractivity contribution in [3.8, 4) is 0 Å². The number of hydrogen-bond acceptors (Lipinski definition) is 2. The third-order valence-corrected chi connectivity index (χ3v) is 4.61. The fourth-order valence-electron chi connectivity index (χ4n) is 2.06. The van der Waals surface area contributed by atoms with Gasteiger partial charge in [0.15, 0.2) is 0 Å². The molecular weight excluding hydrogens is 202 g/mol. The maximum Gasteiger partial charge on any atom is 0.0140 e. The Morgan fingerprint density at radius 2 is 2.33 bits per heavy atom. The highest BCUT2D eigenvalue weighted by Crippen LogP contribution is 2.41. The molecule has 1 aliphatic rings. The molecule has 0 amide bonds. The van der Waals surface area contributed by atoms with Crippen LogP contribution in [0.4, 0.5) is 0 Å². The molecule has 0 aliphatic carbocycles. The summed E-state index contributed by atoms with van der Waals surface area (Å²) in [6.07, 6.45) is 1.14. The lowest BCUT2D eigenvalue weighted by molar-refractivity contribution is 0.603. The monoisotopic (exact) mass is 221 g/mol. The van der Waals surface area contributed by atoms with E-state index >= 15 is 0 Å². The first kappa shape index (κ1) is 11.0. The lowest BCUT2D eigenvalue weighted by Crippen LogP contribution is -2.23. The number of nitrogens with one attached hydrogen (secondary N) is 1. The molecule has 1 nitrogen and oxygen atoms in total. The Balaban J connectivity index is 2.26. The van der Waals surface area contributed by atoms with Gasteiger partial charge in [-0.25, -0.2) is 0 Å². The van der Waals surface area contributed by atoms with Gasteiger partial charge in [-0.3, -0.25) is 0 Å². The van der Waals surface area contributed by atoms with Gasteiger partial charge in [-0.2, -0.15) is 0 Å². The molecule has 1 N–H and O–H groups in total. The predicted octanol–water partition coefficient (Wildman–Crippen LogP) is 3.05. The van der Waals surface area contributed by atoms with Crippen molar-refractivity contribution in [2.45, 2.75) is 37.1 Å². The Labute approximate surface area is 96.7 Å². The van der Waals surface area contributed by atoms with Crippen LogP contribution in [0.2, 0.25) is 0 Å². The molecule has 1 aromatic rings. The van der Waals surface area contributed by atoms with Gasteiger partial charge in [-0.15, -0.1) is 11.8 Å². The van der Waals surface area contributed by atoms with E-state index in [1.54, 1.807) is 10.5 Å². The zero-order valence-electron chi connectivity index (χ0n) is 9.71. The Kier molecular flexibility index (Phi) is 3.37. The maximum atomic E-state index is 3.31. The molecule has 82 valence electrons. The highest BCUT2D eigenvalue weighted by atomic mass is 32.2. The second-order valence-electron chi connectivity index (χ2n) is 4.44. The summed E-state index contributed by atoms with van der Waals surface area (Å²) >= 11 is 2.03. The Hall–Kier alpha value is -0.470. The van der Waals surface area contributed by atoms with E-state index in [0.717, 1.165) is 12.3 Å². The van der Waals surface area contributed by atoms with Crippen LogP contribution in [-0.2, 0) is 6.42 Å². The Bertz CT molecular complexity index is 348. The lowest BCUT2D eigenvalue weighted by Gasteiger charge is -2.13. The van der Waals surface area contributed by atoms with Crippen molar-refractivity contribution in [2.75, 3.05) is 12.8 Å². The molecule has 0 radical (unpaired) electrons. The largest absolute Gasteiger partial charge is 0.317 e. The van der Waals surface area contributed by atoms with Gasteiger partial charge in [-0.05, 0) is 37.4 Å². The summed E-state index contributed by atoms with van der Waals surface area (Å²) < 4.78 is 0. The minimum absolute atomic E-state index is 0.563. The second-order valence-corrected chi connectivity index (χ2v) is 5.47. The smallest absolute Gasteiger partial charge is 0.0140 e. The summed E-state index contributed by atoms with van der Waals surface area (Å²) in [4.78, 5) is 1.55. The minimum Gasteiger partial charge on any atom is -0.317 e. The van der Waals surface area contributed by atoms with Crippen LogP contribution in [0.25, 0.3) is 0 Å². The highest BCUT2D eigenvalue weighted by Gasteiger charge is 2.21. The third kappa shape index (κ3) is 2.21. The van der Waals surface area contributed by atoms with Gasteiger partial charge in [0.25, 0.3) is 0 Å². The Morgan fingerprint density at radius 1 is 1.53 bits per heavy atom. The first-order valence-corrected chi connectivity index (χ1v) is 6.62. The van der Waals surface area contributed by atoms with E-state index in [1.165, 1.54) is 11.3 Å². The van der Waals surface area contributed by atoms with Crippen molar-refractivity contribution >= 4 is 11.8 Å². The summed E-state index contributed by atoms with van der Waals surface area (Å²) in [6.45, 7) is 4.56. The maximum absolute atomic E-state index is 3.31. The first-order valence-electron chi connectivity index (χ1n) is 5.64. The summed E-state index contributed by atoms with van der Waals surface area (Å²) in [5.41, 5.74) is 3.07. The number of likely N-dealkylation sites (N-methyl/N-ethyl adjacent to an activating group) is 1. The molecule has 2 atom stereocenters. The van der Waals surface area contributed by atoms with Gasteiger partial charge >= 0.3 is 0 Å². The topological polar surface area (TPSA) is 12.0 Å². The summed E-state index contributed by atoms with van der Waals surface area (Å²) in [5, 5.41) is 3.31. The van der Waals surface area contributed by atoms with Crippen LogP contribution in [0.1, 0.15) is 30.9 Å². The third-order valence-electron chi connectivity index (χ3n) is 3.15. The number of benzene rings is 1. The van der Waals surface area contributed by atoms with Crippen molar-refractivity contribution in [3.63, 3.8) is 0 Å². The SMILES string of the molecule is CNC(C)Cc1cccc2c1SCC2C. The van der Waals surface area contributed by atoms with Crippen LogP contribution in [0.3, 0.4) is 0 Å². The molecule has 15 heavy (non-hydrogen) atoms.